The number of esters is 2. The van der Waals surface area contributed by atoms with Crippen LogP contribution in [0.5, 0.6) is 11.5 Å². The van der Waals surface area contributed by atoms with Gasteiger partial charge < -0.3 is 14.6 Å². The van der Waals surface area contributed by atoms with E-state index < -0.39 is 5.97 Å². The third-order valence-corrected chi connectivity index (χ3v) is 6.50. The molecular weight excluding hydrogens is 428 g/mol. The van der Waals surface area contributed by atoms with E-state index >= 15 is 0 Å². The number of rotatable bonds is 7. The van der Waals surface area contributed by atoms with Crippen LogP contribution in [-0.2, 0) is 26.2 Å². The topological polar surface area (TPSA) is 72.8 Å². The zero-order chi connectivity index (χ0) is 24.9. The molecule has 1 saturated carbocycles. The monoisotopic (exact) mass is 464 g/mol. The number of aryl methyl sites for hydroxylation is 2. The largest absolute Gasteiger partial charge is 0.507 e. The van der Waals surface area contributed by atoms with E-state index in [1.54, 1.807) is 12.1 Å². The van der Waals surface area contributed by atoms with Crippen LogP contribution in [0.25, 0.3) is 0 Å². The molecule has 0 heterocycles. The first-order valence-corrected chi connectivity index (χ1v) is 12.0. The predicted molar refractivity (Wildman–Crippen MR) is 133 cm³/mol. The molecule has 0 unspecified atom stereocenters. The van der Waals surface area contributed by atoms with Crippen LogP contribution in [0.3, 0.4) is 0 Å². The Morgan fingerprint density at radius 3 is 2.32 bits per heavy atom. The molecule has 5 nitrogen and oxygen atoms in total. The summed E-state index contributed by atoms with van der Waals surface area (Å²) in [6, 6.07) is 11.6. The quantitative estimate of drug-likeness (QED) is 0.296. The number of phenols is 1. The van der Waals surface area contributed by atoms with Gasteiger partial charge in [-0.05, 0) is 84.7 Å². The summed E-state index contributed by atoms with van der Waals surface area (Å²) in [6.45, 7) is 11.5. The minimum Gasteiger partial charge on any atom is -0.507 e. The molecule has 0 atom stereocenters. The smallest absolute Gasteiger partial charge is 0.335 e. The number of hydrogen-bond acceptors (Lipinski definition) is 5. The maximum atomic E-state index is 12.5. The maximum Gasteiger partial charge on any atom is 0.335 e. The van der Waals surface area contributed by atoms with Gasteiger partial charge in [0.25, 0.3) is 0 Å². The summed E-state index contributed by atoms with van der Waals surface area (Å²) in [5, 5.41) is 10.4. The predicted octanol–water partition coefficient (Wildman–Crippen LogP) is 6.29. The summed E-state index contributed by atoms with van der Waals surface area (Å²) < 4.78 is 10.9. The number of ether oxygens (including phenoxy) is 2. The average molecular weight is 465 g/mol. The van der Waals surface area contributed by atoms with Gasteiger partial charge in [-0.2, -0.15) is 0 Å². The Bertz CT molecular complexity index is 1020. The Morgan fingerprint density at radius 2 is 1.74 bits per heavy atom. The summed E-state index contributed by atoms with van der Waals surface area (Å²) in [7, 11) is 0. The molecule has 1 aliphatic rings. The molecule has 1 aliphatic carbocycles. The molecule has 0 aromatic heterocycles. The Balaban J connectivity index is 1.47. The van der Waals surface area contributed by atoms with E-state index in [-0.39, 0.29) is 17.5 Å². The molecule has 182 valence electrons. The first kappa shape index (κ1) is 25.5. The normalized spacial score (nSPS) is 18.2. The van der Waals surface area contributed by atoms with Crippen LogP contribution in [0, 0.1) is 6.92 Å². The fourth-order valence-electron chi connectivity index (χ4n) is 4.54. The van der Waals surface area contributed by atoms with E-state index in [1.807, 2.05) is 31.2 Å². The lowest BCUT2D eigenvalue weighted by Gasteiger charge is -2.28. The van der Waals surface area contributed by atoms with Crippen LogP contribution < -0.4 is 4.74 Å². The number of hydrogen-bond donors (Lipinski definition) is 1. The maximum absolute atomic E-state index is 12.5. The molecule has 34 heavy (non-hydrogen) atoms. The van der Waals surface area contributed by atoms with E-state index in [0.29, 0.717) is 30.3 Å². The van der Waals surface area contributed by atoms with Gasteiger partial charge in [0, 0.05) is 12.5 Å². The molecule has 3 rings (SSSR count). The highest BCUT2D eigenvalue weighted by atomic mass is 16.5. The number of carbonyl (C=O) groups is 2. The van der Waals surface area contributed by atoms with Crippen molar-refractivity contribution in [3.63, 3.8) is 0 Å². The Kier molecular flexibility index (Phi) is 8.19. The molecule has 0 radical (unpaired) electrons. The van der Waals surface area contributed by atoms with Crippen molar-refractivity contribution in [2.75, 3.05) is 0 Å². The number of phenolic OH excluding ortho intramolecular Hbond substituents is 1. The lowest BCUT2D eigenvalue weighted by molar-refractivity contribution is -0.150. The van der Waals surface area contributed by atoms with Crippen LogP contribution in [0.1, 0.15) is 81.0 Å². The zero-order valence-corrected chi connectivity index (χ0v) is 20.7. The van der Waals surface area contributed by atoms with Crippen molar-refractivity contribution in [3.05, 3.63) is 71.3 Å². The Labute approximate surface area is 202 Å². The highest BCUT2D eigenvalue weighted by molar-refractivity contribution is 5.83. The van der Waals surface area contributed by atoms with Crippen LogP contribution in [-0.4, -0.2) is 23.1 Å². The minimum atomic E-state index is -0.467. The van der Waals surface area contributed by atoms with Gasteiger partial charge >= 0.3 is 11.9 Å². The average Bonchev–Trinajstić information content (AvgIpc) is 2.80. The van der Waals surface area contributed by atoms with Gasteiger partial charge in [-0.25, -0.2) is 4.79 Å². The van der Waals surface area contributed by atoms with Gasteiger partial charge in [0.05, 0.1) is 0 Å². The third-order valence-electron chi connectivity index (χ3n) is 6.50. The van der Waals surface area contributed by atoms with Crippen LogP contribution >= 0.6 is 0 Å². The number of carbonyl (C=O) groups excluding carboxylic acids is 2. The second-order valence-electron chi connectivity index (χ2n) is 10.2. The fourth-order valence-corrected chi connectivity index (χ4v) is 4.54. The van der Waals surface area contributed by atoms with Gasteiger partial charge in [0.15, 0.2) is 0 Å². The van der Waals surface area contributed by atoms with Crippen LogP contribution in [0.15, 0.2) is 49.1 Å². The molecule has 1 N–H and O–H groups in total. The van der Waals surface area contributed by atoms with E-state index in [0.717, 1.165) is 48.4 Å². The van der Waals surface area contributed by atoms with Crippen molar-refractivity contribution < 1.29 is 24.2 Å². The standard InChI is InChI=1S/C29H36O5/c1-6-26(30)33-23-12-8-21(9-13-23)22-10-14-24(15-11-22)34-27(31)16-7-20-17-19(2)28(32)25(18-20)29(3,4)5/h6,8-9,12-13,17-18,22,24,32H,1,7,10-11,14-16H2,2-5H3. The van der Waals surface area contributed by atoms with Gasteiger partial charge in [-0.3, -0.25) is 4.79 Å². The van der Waals surface area contributed by atoms with E-state index in [4.69, 9.17) is 9.47 Å². The summed E-state index contributed by atoms with van der Waals surface area (Å²) in [5.41, 5.74) is 3.83. The number of benzene rings is 2. The van der Waals surface area contributed by atoms with Gasteiger partial charge in [-0.1, -0.05) is 51.6 Å². The Morgan fingerprint density at radius 1 is 1.09 bits per heavy atom. The van der Waals surface area contributed by atoms with E-state index in [1.165, 1.54) is 5.56 Å². The molecule has 0 amide bonds. The van der Waals surface area contributed by atoms with Crippen molar-refractivity contribution >= 4 is 11.9 Å². The zero-order valence-electron chi connectivity index (χ0n) is 20.7. The first-order valence-electron chi connectivity index (χ1n) is 12.0. The van der Waals surface area contributed by atoms with Crippen LogP contribution in [0.4, 0.5) is 0 Å². The molecule has 0 spiro atoms. The fraction of sp³-hybridized carbons (Fsp3) is 0.448. The van der Waals surface area contributed by atoms with E-state index in [9.17, 15) is 14.7 Å². The molecular formula is C29H36O5. The second-order valence-corrected chi connectivity index (χ2v) is 10.2. The van der Waals surface area contributed by atoms with Crippen LogP contribution in [0.2, 0.25) is 0 Å². The number of aromatic hydroxyl groups is 1. The summed E-state index contributed by atoms with van der Waals surface area (Å²) in [5.74, 6) is 0.623. The molecule has 0 saturated heterocycles. The molecule has 0 bridgehead atoms. The molecule has 5 heteroatoms. The van der Waals surface area contributed by atoms with E-state index in [2.05, 4.69) is 27.4 Å². The van der Waals surface area contributed by atoms with Gasteiger partial charge in [0.1, 0.15) is 17.6 Å². The summed E-state index contributed by atoms with van der Waals surface area (Å²) in [4.78, 5) is 23.8. The van der Waals surface area contributed by atoms with Crippen molar-refractivity contribution in [2.24, 2.45) is 0 Å². The molecule has 2 aromatic carbocycles. The lowest BCUT2D eigenvalue weighted by atomic mass is 9.82. The molecule has 1 fully saturated rings. The van der Waals surface area contributed by atoms with Crippen molar-refractivity contribution in [3.8, 4) is 11.5 Å². The van der Waals surface area contributed by atoms with Gasteiger partial charge in [-0.15, -0.1) is 0 Å². The second kappa shape index (κ2) is 10.9. The summed E-state index contributed by atoms with van der Waals surface area (Å²) >= 11 is 0. The molecule has 0 aliphatic heterocycles. The SMILES string of the molecule is C=CC(=O)Oc1ccc(C2CCC(OC(=O)CCc3cc(C)c(O)c(C(C)(C)C)c3)CC2)cc1. The lowest BCUT2D eigenvalue weighted by Crippen LogP contribution is -2.24. The van der Waals surface area contributed by atoms with Crippen molar-refractivity contribution in [1.29, 1.82) is 0 Å². The molecule has 2 aromatic rings. The minimum absolute atomic E-state index is 0.0386. The van der Waals surface area contributed by atoms with Crippen molar-refractivity contribution in [1.82, 2.24) is 0 Å². The highest BCUT2D eigenvalue weighted by Crippen LogP contribution is 2.36. The Hall–Kier alpha value is -3.08. The van der Waals surface area contributed by atoms with Gasteiger partial charge in [0.2, 0.25) is 0 Å². The first-order chi connectivity index (χ1) is 16.1. The third kappa shape index (κ3) is 6.72. The summed E-state index contributed by atoms with van der Waals surface area (Å²) in [6.07, 6.45) is 5.63. The van der Waals surface area contributed by atoms with Crippen molar-refractivity contribution in [2.45, 2.75) is 83.7 Å². The highest BCUT2D eigenvalue weighted by Gasteiger charge is 2.25.